The monoisotopic (exact) mass is 215 g/mol. The van der Waals surface area contributed by atoms with Gasteiger partial charge in [0.1, 0.15) is 0 Å². The molecule has 0 radical (unpaired) electrons. The van der Waals surface area contributed by atoms with Crippen molar-refractivity contribution in [3.63, 3.8) is 0 Å². The van der Waals surface area contributed by atoms with Gasteiger partial charge in [-0.2, -0.15) is 11.8 Å². The van der Waals surface area contributed by atoms with Crippen LogP contribution in [0.1, 0.15) is 33.1 Å². The molecule has 1 saturated heterocycles. The third kappa shape index (κ3) is 1.95. The average Bonchev–Trinajstić information content (AvgIpc) is 2.57. The summed E-state index contributed by atoms with van der Waals surface area (Å²) in [6.07, 6.45) is 3.35. The fraction of sp³-hybridized carbons (Fsp3) is 1.00. The Morgan fingerprint density at radius 3 is 2.71 bits per heavy atom. The van der Waals surface area contributed by atoms with Crippen molar-refractivity contribution in [3.8, 4) is 0 Å². The minimum atomic E-state index is -0.0623. The first-order valence-electron chi connectivity index (χ1n) is 5.75. The summed E-state index contributed by atoms with van der Waals surface area (Å²) in [6, 6.07) is 1.08. The van der Waals surface area contributed by atoms with E-state index in [1.807, 2.05) is 0 Å². The van der Waals surface area contributed by atoms with Crippen molar-refractivity contribution in [2.75, 3.05) is 12.3 Å². The summed E-state index contributed by atoms with van der Waals surface area (Å²) in [5.41, 5.74) is 0. The molecule has 3 heteroatoms. The third-order valence-corrected chi connectivity index (χ3v) is 5.14. The topological polar surface area (TPSA) is 23.5 Å². The van der Waals surface area contributed by atoms with Gasteiger partial charge in [0, 0.05) is 29.6 Å². The van der Waals surface area contributed by atoms with E-state index >= 15 is 0 Å². The number of hydrogen-bond donors (Lipinski definition) is 1. The molecule has 0 aromatic carbocycles. The number of nitrogens with zero attached hydrogens (tertiary/aromatic N) is 1. The van der Waals surface area contributed by atoms with Crippen LogP contribution in [-0.2, 0) is 0 Å². The SMILES string of the molecule is CC1SCCN(C2CCCC2O)C1C. The van der Waals surface area contributed by atoms with Crippen molar-refractivity contribution in [2.45, 2.75) is 56.5 Å². The predicted molar refractivity (Wildman–Crippen MR) is 61.7 cm³/mol. The second-order valence-corrected chi connectivity index (χ2v) is 6.11. The van der Waals surface area contributed by atoms with Crippen molar-refractivity contribution in [1.82, 2.24) is 4.90 Å². The van der Waals surface area contributed by atoms with Gasteiger partial charge in [-0.15, -0.1) is 0 Å². The van der Waals surface area contributed by atoms with Crippen molar-refractivity contribution < 1.29 is 5.11 Å². The van der Waals surface area contributed by atoms with Crippen molar-refractivity contribution in [1.29, 1.82) is 0 Å². The highest BCUT2D eigenvalue weighted by Crippen LogP contribution is 2.32. The Hall–Kier alpha value is 0.270. The van der Waals surface area contributed by atoms with Gasteiger partial charge in [-0.25, -0.2) is 0 Å². The molecule has 0 amide bonds. The van der Waals surface area contributed by atoms with Crippen molar-refractivity contribution in [2.24, 2.45) is 0 Å². The van der Waals surface area contributed by atoms with Crippen LogP contribution in [-0.4, -0.2) is 45.7 Å². The van der Waals surface area contributed by atoms with Gasteiger partial charge in [-0.05, 0) is 26.2 Å². The second kappa shape index (κ2) is 4.42. The quantitative estimate of drug-likeness (QED) is 0.720. The molecule has 2 fully saturated rings. The van der Waals surface area contributed by atoms with E-state index in [0.29, 0.717) is 12.1 Å². The van der Waals surface area contributed by atoms with Gasteiger partial charge >= 0.3 is 0 Å². The van der Waals surface area contributed by atoms with Gasteiger partial charge in [0.15, 0.2) is 0 Å². The summed E-state index contributed by atoms with van der Waals surface area (Å²) < 4.78 is 0. The maximum atomic E-state index is 9.90. The Morgan fingerprint density at radius 1 is 1.29 bits per heavy atom. The van der Waals surface area contributed by atoms with E-state index in [-0.39, 0.29) is 6.10 Å². The molecule has 0 aromatic heterocycles. The lowest BCUT2D eigenvalue weighted by Gasteiger charge is -2.42. The van der Waals surface area contributed by atoms with Gasteiger partial charge in [0.25, 0.3) is 0 Å². The molecule has 2 nitrogen and oxygen atoms in total. The highest BCUT2D eigenvalue weighted by Gasteiger charge is 2.36. The summed E-state index contributed by atoms with van der Waals surface area (Å²) in [6.45, 7) is 5.78. The molecular weight excluding hydrogens is 194 g/mol. The maximum absolute atomic E-state index is 9.90. The van der Waals surface area contributed by atoms with E-state index in [1.165, 1.54) is 18.6 Å². The molecule has 0 bridgehead atoms. The summed E-state index contributed by atoms with van der Waals surface area (Å²) in [4.78, 5) is 2.54. The molecule has 2 aliphatic rings. The van der Waals surface area contributed by atoms with E-state index < -0.39 is 0 Å². The van der Waals surface area contributed by atoms with Gasteiger partial charge in [-0.1, -0.05) is 6.92 Å². The molecule has 0 spiro atoms. The number of thioether (sulfide) groups is 1. The molecule has 1 saturated carbocycles. The smallest absolute Gasteiger partial charge is 0.0695 e. The van der Waals surface area contributed by atoms with E-state index in [9.17, 15) is 5.11 Å². The molecule has 1 aliphatic heterocycles. The van der Waals surface area contributed by atoms with Gasteiger partial charge in [0.2, 0.25) is 0 Å². The Labute approximate surface area is 91.1 Å². The molecule has 0 aromatic rings. The number of aliphatic hydroxyl groups is 1. The highest BCUT2D eigenvalue weighted by molar-refractivity contribution is 8.00. The predicted octanol–water partition coefficient (Wildman–Crippen LogP) is 1.73. The van der Waals surface area contributed by atoms with Gasteiger partial charge < -0.3 is 5.11 Å². The van der Waals surface area contributed by atoms with Crippen LogP contribution in [0.25, 0.3) is 0 Å². The van der Waals surface area contributed by atoms with Crippen LogP contribution in [0.5, 0.6) is 0 Å². The molecule has 1 heterocycles. The first-order chi connectivity index (χ1) is 6.70. The number of aliphatic hydroxyl groups excluding tert-OH is 1. The van der Waals surface area contributed by atoms with E-state index in [4.69, 9.17) is 0 Å². The number of rotatable bonds is 1. The molecule has 4 atom stereocenters. The average molecular weight is 215 g/mol. The maximum Gasteiger partial charge on any atom is 0.0695 e. The van der Waals surface area contributed by atoms with Crippen LogP contribution < -0.4 is 0 Å². The zero-order chi connectivity index (χ0) is 10.1. The minimum Gasteiger partial charge on any atom is -0.391 e. The van der Waals surface area contributed by atoms with Gasteiger partial charge in [-0.3, -0.25) is 4.90 Å². The Balaban J connectivity index is 2.01. The number of hydrogen-bond acceptors (Lipinski definition) is 3. The largest absolute Gasteiger partial charge is 0.391 e. The third-order valence-electron chi connectivity index (χ3n) is 3.80. The first-order valence-corrected chi connectivity index (χ1v) is 6.80. The van der Waals surface area contributed by atoms with E-state index in [1.54, 1.807) is 0 Å². The first kappa shape index (κ1) is 10.8. The van der Waals surface area contributed by atoms with Crippen LogP contribution in [0.15, 0.2) is 0 Å². The highest BCUT2D eigenvalue weighted by atomic mass is 32.2. The van der Waals surface area contributed by atoms with Crippen LogP contribution in [0.4, 0.5) is 0 Å². The Morgan fingerprint density at radius 2 is 2.07 bits per heavy atom. The lowest BCUT2D eigenvalue weighted by molar-refractivity contribution is 0.0495. The summed E-state index contributed by atoms with van der Waals surface area (Å²) >= 11 is 2.07. The van der Waals surface area contributed by atoms with Crippen LogP contribution in [0.2, 0.25) is 0 Å². The molecule has 1 N–H and O–H groups in total. The normalized spacial score (nSPS) is 45.6. The molecule has 82 valence electrons. The van der Waals surface area contributed by atoms with Gasteiger partial charge in [0.05, 0.1) is 6.10 Å². The zero-order valence-corrected chi connectivity index (χ0v) is 9.96. The Bertz CT molecular complexity index is 200. The summed E-state index contributed by atoms with van der Waals surface area (Å²) in [5, 5.41) is 10.6. The van der Waals surface area contributed by atoms with Crippen LogP contribution in [0.3, 0.4) is 0 Å². The van der Waals surface area contributed by atoms with Crippen LogP contribution >= 0.6 is 11.8 Å². The lowest BCUT2D eigenvalue weighted by atomic mass is 10.1. The van der Waals surface area contributed by atoms with Crippen molar-refractivity contribution in [3.05, 3.63) is 0 Å². The molecule has 4 unspecified atom stereocenters. The summed E-state index contributed by atoms with van der Waals surface area (Å²) in [5.74, 6) is 1.23. The fourth-order valence-corrected chi connectivity index (χ4v) is 3.86. The summed E-state index contributed by atoms with van der Waals surface area (Å²) in [7, 11) is 0. The zero-order valence-electron chi connectivity index (χ0n) is 9.15. The van der Waals surface area contributed by atoms with E-state index in [2.05, 4.69) is 30.5 Å². The standard InChI is InChI=1S/C11H21NOS/c1-8-9(2)14-7-6-12(8)10-4-3-5-11(10)13/h8-11,13H,3-7H2,1-2H3. The molecule has 2 rings (SSSR count). The van der Waals surface area contributed by atoms with E-state index in [0.717, 1.165) is 18.2 Å². The fourth-order valence-electron chi connectivity index (χ4n) is 2.73. The van der Waals surface area contributed by atoms with Crippen LogP contribution in [0, 0.1) is 0 Å². The molecule has 14 heavy (non-hydrogen) atoms. The molecular formula is C11H21NOS. The second-order valence-electron chi connectivity index (χ2n) is 4.62. The minimum absolute atomic E-state index is 0.0623. The lowest BCUT2D eigenvalue weighted by Crippen LogP contribution is -2.52. The Kier molecular flexibility index (Phi) is 3.40. The van der Waals surface area contributed by atoms with Crippen molar-refractivity contribution >= 4 is 11.8 Å². The molecule has 1 aliphatic carbocycles.